The standard InChI is InChI=1S/C17H18ClFN2O3S/c1-10(2)6-7-21-16(23)14(9-15(22)24-3)25-17(21)20-11-4-5-13(19)12(18)8-11/h4-5,8-10H,6-7H2,1-3H3/b14-9+,20-17?. The van der Waals surface area contributed by atoms with E-state index in [1.54, 1.807) is 0 Å². The molecule has 1 aliphatic rings. The molecule has 0 radical (unpaired) electrons. The lowest BCUT2D eigenvalue weighted by Gasteiger charge is -2.16. The van der Waals surface area contributed by atoms with E-state index >= 15 is 0 Å². The Kier molecular flexibility index (Phi) is 6.61. The van der Waals surface area contributed by atoms with Crippen molar-refractivity contribution in [1.29, 1.82) is 0 Å². The highest BCUT2D eigenvalue weighted by Gasteiger charge is 2.34. The minimum Gasteiger partial charge on any atom is -0.466 e. The van der Waals surface area contributed by atoms with E-state index in [0.717, 1.165) is 24.3 Å². The van der Waals surface area contributed by atoms with E-state index in [2.05, 4.69) is 23.6 Å². The van der Waals surface area contributed by atoms with Crippen LogP contribution in [0, 0.1) is 11.7 Å². The van der Waals surface area contributed by atoms with Crippen LogP contribution in [-0.4, -0.2) is 35.6 Å². The highest BCUT2D eigenvalue weighted by molar-refractivity contribution is 8.18. The fourth-order valence-electron chi connectivity index (χ4n) is 2.01. The Morgan fingerprint density at radius 2 is 2.20 bits per heavy atom. The summed E-state index contributed by atoms with van der Waals surface area (Å²) in [4.78, 5) is 30.1. The maximum absolute atomic E-state index is 13.3. The van der Waals surface area contributed by atoms with Crippen LogP contribution in [0.5, 0.6) is 0 Å². The molecule has 5 nitrogen and oxygen atoms in total. The molecule has 25 heavy (non-hydrogen) atoms. The number of halogens is 2. The number of amides is 1. The van der Waals surface area contributed by atoms with Crippen LogP contribution < -0.4 is 0 Å². The van der Waals surface area contributed by atoms with E-state index in [1.165, 1.54) is 30.2 Å². The summed E-state index contributed by atoms with van der Waals surface area (Å²) in [6.07, 6.45) is 1.93. The van der Waals surface area contributed by atoms with Gasteiger partial charge in [0.2, 0.25) is 0 Å². The summed E-state index contributed by atoms with van der Waals surface area (Å²) in [5.41, 5.74) is 0.426. The highest BCUT2D eigenvalue weighted by Crippen LogP contribution is 2.34. The second kappa shape index (κ2) is 8.49. The Morgan fingerprint density at radius 3 is 2.80 bits per heavy atom. The van der Waals surface area contributed by atoms with Gasteiger partial charge >= 0.3 is 5.97 Å². The van der Waals surface area contributed by atoms with Gasteiger partial charge in [-0.05, 0) is 42.3 Å². The van der Waals surface area contributed by atoms with Crippen molar-refractivity contribution in [2.24, 2.45) is 10.9 Å². The first-order chi connectivity index (χ1) is 11.8. The van der Waals surface area contributed by atoms with E-state index in [-0.39, 0.29) is 15.8 Å². The van der Waals surface area contributed by atoms with Crippen LogP contribution in [0.1, 0.15) is 20.3 Å². The van der Waals surface area contributed by atoms with Crippen LogP contribution in [0.25, 0.3) is 0 Å². The number of esters is 1. The summed E-state index contributed by atoms with van der Waals surface area (Å²) < 4.78 is 17.9. The topological polar surface area (TPSA) is 59.0 Å². The molecule has 1 fully saturated rings. The minimum absolute atomic E-state index is 0.0461. The van der Waals surface area contributed by atoms with Gasteiger partial charge in [-0.1, -0.05) is 25.4 Å². The third kappa shape index (κ3) is 5.06. The molecule has 1 saturated heterocycles. The lowest BCUT2D eigenvalue weighted by atomic mass is 10.1. The number of hydrogen-bond acceptors (Lipinski definition) is 5. The molecular formula is C17H18ClFN2O3S. The van der Waals surface area contributed by atoms with Gasteiger partial charge in [-0.2, -0.15) is 0 Å². The number of benzene rings is 1. The number of thioether (sulfide) groups is 1. The molecule has 8 heteroatoms. The Hall–Kier alpha value is -1.86. The number of amidine groups is 1. The summed E-state index contributed by atoms with van der Waals surface area (Å²) in [7, 11) is 1.25. The summed E-state index contributed by atoms with van der Waals surface area (Å²) in [5, 5.41) is 0.374. The summed E-state index contributed by atoms with van der Waals surface area (Å²) >= 11 is 6.86. The maximum Gasteiger partial charge on any atom is 0.331 e. The molecule has 0 N–H and O–H groups in total. The van der Waals surface area contributed by atoms with Crippen molar-refractivity contribution in [2.75, 3.05) is 13.7 Å². The molecule has 0 atom stereocenters. The average Bonchev–Trinajstić information content (AvgIpc) is 2.84. The van der Waals surface area contributed by atoms with Crippen LogP contribution in [0.15, 0.2) is 34.2 Å². The van der Waals surface area contributed by atoms with Crippen molar-refractivity contribution >= 4 is 46.1 Å². The highest BCUT2D eigenvalue weighted by atomic mass is 35.5. The molecule has 1 aromatic carbocycles. The van der Waals surface area contributed by atoms with E-state index in [1.807, 2.05) is 0 Å². The fourth-order valence-corrected chi connectivity index (χ4v) is 3.17. The summed E-state index contributed by atoms with van der Waals surface area (Å²) in [6, 6.07) is 4.08. The number of carbonyl (C=O) groups excluding carboxylic acids is 2. The number of methoxy groups -OCH3 is 1. The zero-order valence-corrected chi connectivity index (χ0v) is 15.7. The van der Waals surface area contributed by atoms with E-state index in [9.17, 15) is 14.0 Å². The quantitative estimate of drug-likeness (QED) is 0.565. The minimum atomic E-state index is -0.606. The van der Waals surface area contributed by atoms with Gasteiger partial charge in [0.05, 0.1) is 22.7 Å². The molecule has 2 rings (SSSR count). The summed E-state index contributed by atoms with van der Waals surface area (Å²) in [6.45, 7) is 4.57. The molecular weight excluding hydrogens is 367 g/mol. The monoisotopic (exact) mass is 384 g/mol. The van der Waals surface area contributed by atoms with Crippen LogP contribution in [0.3, 0.4) is 0 Å². The Labute approximate surface area is 154 Å². The van der Waals surface area contributed by atoms with E-state index in [0.29, 0.717) is 23.3 Å². The zero-order chi connectivity index (χ0) is 18.6. The van der Waals surface area contributed by atoms with E-state index in [4.69, 9.17) is 11.6 Å². The Bertz CT molecular complexity index is 749. The van der Waals surface area contributed by atoms with Crippen LogP contribution in [0.4, 0.5) is 10.1 Å². The molecule has 1 heterocycles. The maximum atomic E-state index is 13.3. The van der Waals surface area contributed by atoms with Gasteiger partial charge in [-0.3, -0.25) is 9.69 Å². The second-order valence-corrected chi connectivity index (χ2v) is 7.18. The molecule has 0 spiro atoms. The van der Waals surface area contributed by atoms with Crippen molar-refractivity contribution in [3.63, 3.8) is 0 Å². The number of aliphatic imine (C=N–C) groups is 1. The van der Waals surface area contributed by atoms with Gasteiger partial charge in [0.25, 0.3) is 5.91 Å². The number of ether oxygens (including phenoxy) is 1. The van der Waals surface area contributed by atoms with Gasteiger partial charge in [-0.25, -0.2) is 14.2 Å². The molecule has 0 aromatic heterocycles. The smallest absolute Gasteiger partial charge is 0.331 e. The molecule has 1 amide bonds. The fraction of sp³-hybridized carbons (Fsp3) is 0.353. The first-order valence-electron chi connectivity index (χ1n) is 7.65. The molecule has 0 aliphatic carbocycles. The molecule has 134 valence electrons. The second-order valence-electron chi connectivity index (χ2n) is 5.77. The Morgan fingerprint density at radius 1 is 1.48 bits per heavy atom. The molecule has 1 aromatic rings. The zero-order valence-electron chi connectivity index (χ0n) is 14.1. The van der Waals surface area contributed by atoms with Crippen LogP contribution >= 0.6 is 23.4 Å². The van der Waals surface area contributed by atoms with Crippen molar-refractivity contribution in [3.8, 4) is 0 Å². The number of hydrogen-bond donors (Lipinski definition) is 0. The van der Waals surface area contributed by atoms with Crippen molar-refractivity contribution < 1.29 is 18.7 Å². The van der Waals surface area contributed by atoms with Crippen LogP contribution in [0.2, 0.25) is 5.02 Å². The van der Waals surface area contributed by atoms with Crippen molar-refractivity contribution in [1.82, 2.24) is 4.90 Å². The molecule has 0 unspecified atom stereocenters. The largest absolute Gasteiger partial charge is 0.466 e. The molecule has 1 aliphatic heterocycles. The van der Waals surface area contributed by atoms with Gasteiger partial charge in [0.1, 0.15) is 5.82 Å². The third-order valence-electron chi connectivity index (χ3n) is 3.40. The first-order valence-corrected chi connectivity index (χ1v) is 8.84. The van der Waals surface area contributed by atoms with Gasteiger partial charge in [0, 0.05) is 12.6 Å². The number of rotatable bonds is 5. The van der Waals surface area contributed by atoms with Gasteiger partial charge in [0.15, 0.2) is 5.17 Å². The number of carbonyl (C=O) groups is 2. The van der Waals surface area contributed by atoms with E-state index < -0.39 is 11.8 Å². The van der Waals surface area contributed by atoms with Crippen molar-refractivity contribution in [2.45, 2.75) is 20.3 Å². The predicted octanol–water partition coefficient (Wildman–Crippen LogP) is 4.15. The van der Waals surface area contributed by atoms with Crippen molar-refractivity contribution in [3.05, 3.63) is 40.0 Å². The van der Waals surface area contributed by atoms with Gasteiger partial charge in [-0.15, -0.1) is 0 Å². The molecule has 0 saturated carbocycles. The Balaban J connectivity index is 2.35. The van der Waals surface area contributed by atoms with Crippen LogP contribution in [-0.2, 0) is 14.3 Å². The number of nitrogens with zero attached hydrogens (tertiary/aromatic N) is 2. The third-order valence-corrected chi connectivity index (χ3v) is 4.69. The van der Waals surface area contributed by atoms with Gasteiger partial charge < -0.3 is 4.74 Å². The molecule has 0 bridgehead atoms. The normalized spacial score (nSPS) is 17.8. The SMILES string of the molecule is COC(=O)/C=C1/SC(=Nc2ccc(F)c(Cl)c2)N(CCC(C)C)C1=O. The lowest BCUT2D eigenvalue weighted by Crippen LogP contribution is -2.30. The summed E-state index contributed by atoms with van der Waals surface area (Å²) in [5.74, 6) is -1.05. The predicted molar refractivity (Wildman–Crippen MR) is 97.4 cm³/mol. The lowest BCUT2D eigenvalue weighted by molar-refractivity contribution is -0.135. The first kappa shape index (κ1) is 19.5. The average molecular weight is 385 g/mol.